The summed E-state index contributed by atoms with van der Waals surface area (Å²) in [5, 5.41) is 21.4. The molecule has 0 aliphatic carbocycles. The van der Waals surface area contributed by atoms with Gasteiger partial charge in [-0.25, -0.2) is 0 Å². The van der Waals surface area contributed by atoms with Crippen molar-refractivity contribution in [2.75, 3.05) is 0 Å². The van der Waals surface area contributed by atoms with E-state index in [0.29, 0.717) is 11.5 Å². The third kappa shape index (κ3) is 6.17. The highest BCUT2D eigenvalue weighted by Gasteiger charge is 2.35. The van der Waals surface area contributed by atoms with Crippen molar-refractivity contribution < 1.29 is 24.2 Å². The Labute approximate surface area is 207 Å². The van der Waals surface area contributed by atoms with Crippen molar-refractivity contribution in [1.29, 1.82) is 0 Å². The minimum atomic E-state index is -2.34. The van der Waals surface area contributed by atoms with Crippen molar-refractivity contribution in [2.45, 2.75) is 105 Å². The van der Waals surface area contributed by atoms with Crippen LogP contribution in [0.5, 0.6) is 23.0 Å². The molecule has 190 valence electrons. The molecule has 0 aliphatic heterocycles. The highest BCUT2D eigenvalue weighted by molar-refractivity contribution is 7.41. The molecule has 0 saturated carbocycles. The van der Waals surface area contributed by atoms with Gasteiger partial charge >= 0.3 is 8.60 Å². The van der Waals surface area contributed by atoms with Crippen LogP contribution in [-0.4, -0.2) is 15.1 Å². The van der Waals surface area contributed by atoms with E-state index in [2.05, 4.69) is 41.5 Å². The molecule has 0 aliphatic rings. The van der Waals surface area contributed by atoms with Crippen LogP contribution in [0.1, 0.15) is 105 Å². The molecule has 0 aromatic heterocycles. The van der Waals surface area contributed by atoms with Gasteiger partial charge in [-0.2, -0.15) is 0 Å². The third-order valence-electron chi connectivity index (χ3n) is 5.64. The predicted molar refractivity (Wildman–Crippen MR) is 141 cm³/mol. The molecule has 0 saturated heterocycles. The Morgan fingerprint density at radius 2 is 0.765 bits per heavy atom. The van der Waals surface area contributed by atoms with Gasteiger partial charge < -0.3 is 24.2 Å². The molecule has 0 unspecified atom stereocenters. The van der Waals surface area contributed by atoms with E-state index >= 15 is 0 Å². The maximum absolute atomic E-state index is 11.0. The average Bonchev–Trinajstić information content (AvgIpc) is 2.60. The van der Waals surface area contributed by atoms with Crippen LogP contribution < -0.4 is 9.05 Å². The summed E-state index contributed by atoms with van der Waals surface area (Å²) in [6.07, 6.45) is 0. The van der Waals surface area contributed by atoms with E-state index in [1.165, 1.54) is 0 Å². The van der Waals surface area contributed by atoms with Gasteiger partial charge in [-0.05, 0) is 45.9 Å². The largest absolute Gasteiger partial charge is 0.508 e. The third-order valence-corrected chi connectivity index (χ3v) is 6.35. The number of rotatable bonds is 4. The second kappa shape index (κ2) is 9.24. The standard InChI is InChI=1S/C28H43O5P/c1-25(2,3)21-17(29)13-15-19(23(21)27(7,8)9)32-34(31)33-20-16-14-18(30)22(26(4,5)6)24(20)28(10,11)12/h13-16,29-31H,1-12H3. The molecular weight excluding hydrogens is 447 g/mol. The molecule has 2 aromatic rings. The fourth-order valence-corrected chi connectivity index (χ4v) is 5.17. The normalized spacial score (nSPS) is 13.4. The Balaban J connectivity index is 2.58. The van der Waals surface area contributed by atoms with E-state index in [1.54, 1.807) is 24.3 Å². The molecule has 0 amide bonds. The van der Waals surface area contributed by atoms with Gasteiger partial charge in [0.05, 0.1) is 0 Å². The van der Waals surface area contributed by atoms with Crippen LogP contribution >= 0.6 is 8.60 Å². The highest BCUT2D eigenvalue weighted by Crippen LogP contribution is 2.50. The zero-order chi connectivity index (χ0) is 26.4. The molecule has 0 radical (unpaired) electrons. The van der Waals surface area contributed by atoms with Crippen molar-refractivity contribution in [3.05, 3.63) is 46.5 Å². The predicted octanol–water partition coefficient (Wildman–Crippen LogP) is 7.96. The molecule has 34 heavy (non-hydrogen) atoms. The Kier molecular flexibility index (Phi) is 7.68. The fourth-order valence-electron chi connectivity index (χ4n) is 4.49. The first-order valence-corrected chi connectivity index (χ1v) is 12.9. The van der Waals surface area contributed by atoms with Gasteiger partial charge in [-0.1, -0.05) is 83.1 Å². The Hall–Kier alpha value is -1.97. The van der Waals surface area contributed by atoms with Crippen molar-refractivity contribution >= 4 is 8.60 Å². The van der Waals surface area contributed by atoms with Gasteiger partial charge in [0, 0.05) is 22.3 Å². The molecule has 0 bridgehead atoms. The lowest BCUT2D eigenvalue weighted by Gasteiger charge is -2.33. The summed E-state index contributed by atoms with van der Waals surface area (Å²) >= 11 is 0. The van der Waals surface area contributed by atoms with Crippen LogP contribution in [0.15, 0.2) is 24.3 Å². The Morgan fingerprint density at radius 1 is 0.500 bits per heavy atom. The van der Waals surface area contributed by atoms with Crippen LogP contribution in [0.3, 0.4) is 0 Å². The first-order chi connectivity index (χ1) is 15.2. The first kappa shape index (κ1) is 28.3. The summed E-state index contributed by atoms with van der Waals surface area (Å²) in [7, 11) is -2.34. The SMILES string of the molecule is CC(C)(C)c1c(O)ccc(OP(O)Oc2ccc(O)c(C(C)(C)C)c2C(C)(C)C)c1C(C)(C)C. The lowest BCUT2D eigenvalue weighted by Crippen LogP contribution is -2.24. The van der Waals surface area contributed by atoms with Gasteiger partial charge in [0.15, 0.2) is 0 Å². The molecule has 0 fully saturated rings. The number of aromatic hydroxyl groups is 2. The van der Waals surface area contributed by atoms with Gasteiger partial charge in [-0.15, -0.1) is 0 Å². The zero-order valence-electron chi connectivity index (χ0n) is 22.9. The highest BCUT2D eigenvalue weighted by atomic mass is 31.2. The molecular formula is C28H43O5P. The summed E-state index contributed by atoms with van der Waals surface area (Å²) in [4.78, 5) is 11.0. The second-order valence-electron chi connectivity index (χ2n) is 13.1. The van der Waals surface area contributed by atoms with E-state index < -0.39 is 8.60 Å². The van der Waals surface area contributed by atoms with Crippen LogP contribution in [-0.2, 0) is 21.7 Å². The van der Waals surface area contributed by atoms with Gasteiger partial charge in [-0.3, -0.25) is 0 Å². The average molecular weight is 491 g/mol. The first-order valence-electron chi connectivity index (χ1n) is 11.7. The van der Waals surface area contributed by atoms with E-state index in [0.717, 1.165) is 22.3 Å². The van der Waals surface area contributed by atoms with Crippen LogP contribution in [0.4, 0.5) is 0 Å². The van der Waals surface area contributed by atoms with Crippen molar-refractivity contribution in [1.82, 2.24) is 0 Å². The summed E-state index contributed by atoms with van der Waals surface area (Å²) < 4.78 is 12.0. The molecule has 0 heterocycles. The summed E-state index contributed by atoms with van der Waals surface area (Å²) in [6.45, 7) is 24.6. The number of phenols is 2. The topological polar surface area (TPSA) is 79.2 Å². The Morgan fingerprint density at radius 3 is 1.00 bits per heavy atom. The lowest BCUT2D eigenvalue weighted by atomic mass is 9.74. The van der Waals surface area contributed by atoms with Crippen molar-refractivity contribution in [2.24, 2.45) is 0 Å². The van der Waals surface area contributed by atoms with Crippen LogP contribution in [0.2, 0.25) is 0 Å². The smallest absolute Gasteiger partial charge is 0.460 e. The van der Waals surface area contributed by atoms with Gasteiger partial charge in [0.2, 0.25) is 0 Å². The summed E-state index contributed by atoms with van der Waals surface area (Å²) in [6, 6.07) is 6.57. The van der Waals surface area contributed by atoms with Gasteiger partial charge in [0.25, 0.3) is 0 Å². The monoisotopic (exact) mass is 490 g/mol. The van der Waals surface area contributed by atoms with E-state index in [4.69, 9.17) is 9.05 Å². The maximum atomic E-state index is 11.0. The van der Waals surface area contributed by atoms with Crippen molar-refractivity contribution in [3.8, 4) is 23.0 Å². The number of hydrogen-bond acceptors (Lipinski definition) is 5. The molecule has 3 N–H and O–H groups in total. The molecule has 0 atom stereocenters. The molecule has 0 spiro atoms. The fraction of sp³-hybridized carbons (Fsp3) is 0.571. The van der Waals surface area contributed by atoms with Gasteiger partial charge in [0.1, 0.15) is 23.0 Å². The minimum Gasteiger partial charge on any atom is -0.508 e. The second-order valence-corrected chi connectivity index (χ2v) is 13.9. The van der Waals surface area contributed by atoms with E-state index in [9.17, 15) is 15.1 Å². The molecule has 2 aromatic carbocycles. The number of benzene rings is 2. The number of hydrogen-bond donors (Lipinski definition) is 3. The summed E-state index contributed by atoms with van der Waals surface area (Å²) in [5.74, 6) is 1.37. The quantitative estimate of drug-likeness (QED) is 0.379. The van der Waals surface area contributed by atoms with E-state index in [-0.39, 0.29) is 33.2 Å². The van der Waals surface area contributed by atoms with Crippen molar-refractivity contribution in [3.63, 3.8) is 0 Å². The van der Waals surface area contributed by atoms with E-state index in [1.807, 2.05) is 41.5 Å². The van der Waals surface area contributed by atoms with Crippen LogP contribution in [0.25, 0.3) is 0 Å². The molecule has 6 heteroatoms. The number of phenolic OH excluding ortho intramolecular Hbond substituents is 2. The lowest BCUT2D eigenvalue weighted by molar-refractivity contribution is 0.363. The summed E-state index contributed by atoms with van der Waals surface area (Å²) in [5.41, 5.74) is 1.89. The molecule has 2 rings (SSSR count). The zero-order valence-corrected chi connectivity index (χ0v) is 23.8. The Bertz CT molecular complexity index is 948. The minimum absolute atomic E-state index is 0.205. The maximum Gasteiger partial charge on any atom is 0.460 e. The van der Waals surface area contributed by atoms with Crippen LogP contribution in [0, 0.1) is 0 Å². The molecule has 5 nitrogen and oxygen atoms in total.